The summed E-state index contributed by atoms with van der Waals surface area (Å²) in [6, 6.07) is 13.1. The zero-order valence-corrected chi connectivity index (χ0v) is 15.2. The monoisotopic (exact) mass is 322 g/mol. The Labute approximate surface area is 146 Å². The van der Waals surface area contributed by atoms with Crippen molar-refractivity contribution in [3.8, 4) is 5.75 Å². The van der Waals surface area contributed by atoms with Gasteiger partial charge in [0.25, 0.3) is 0 Å². The van der Waals surface area contributed by atoms with Crippen LogP contribution in [0.3, 0.4) is 0 Å². The van der Waals surface area contributed by atoms with Gasteiger partial charge in [0.1, 0.15) is 12.4 Å². The van der Waals surface area contributed by atoms with Gasteiger partial charge in [0, 0.05) is 5.56 Å². The van der Waals surface area contributed by atoms with E-state index in [1.165, 1.54) is 67.7 Å². The van der Waals surface area contributed by atoms with E-state index in [2.05, 4.69) is 50.2 Å². The van der Waals surface area contributed by atoms with Gasteiger partial charge < -0.3 is 4.74 Å². The number of allylic oxidation sites excluding steroid dienone is 1. The molecule has 1 heterocycles. The molecule has 0 radical (unpaired) electrons. The van der Waals surface area contributed by atoms with E-state index in [1.807, 2.05) is 0 Å². The maximum Gasteiger partial charge on any atom is 0.127 e. The first-order valence-electron chi connectivity index (χ1n) is 9.71. The normalized spacial score (nSPS) is 13.9. The van der Waals surface area contributed by atoms with Gasteiger partial charge in [-0.25, -0.2) is 0 Å². The van der Waals surface area contributed by atoms with E-state index < -0.39 is 0 Å². The third-order valence-corrected chi connectivity index (χ3v) is 5.13. The molecule has 24 heavy (non-hydrogen) atoms. The van der Waals surface area contributed by atoms with Crippen LogP contribution in [-0.4, -0.2) is 6.61 Å². The maximum absolute atomic E-state index is 6.15. The van der Waals surface area contributed by atoms with E-state index in [0.717, 1.165) is 12.4 Å². The molecule has 0 amide bonds. The van der Waals surface area contributed by atoms with Gasteiger partial charge in [0.2, 0.25) is 0 Å². The molecule has 2 aromatic rings. The van der Waals surface area contributed by atoms with Crippen LogP contribution in [0.15, 0.2) is 42.0 Å². The quantitative estimate of drug-likeness (QED) is 0.469. The van der Waals surface area contributed by atoms with Gasteiger partial charge in [-0.3, -0.25) is 0 Å². The largest absolute Gasteiger partial charge is 0.489 e. The Hall–Kier alpha value is -1.76. The van der Waals surface area contributed by atoms with Crippen LogP contribution < -0.4 is 4.74 Å². The molecule has 0 aromatic heterocycles. The van der Waals surface area contributed by atoms with Crippen LogP contribution in [0.25, 0.3) is 16.3 Å². The molecule has 2 aromatic carbocycles. The minimum atomic E-state index is 0.788. The fourth-order valence-electron chi connectivity index (χ4n) is 3.78. The average molecular weight is 322 g/mol. The number of hydrogen-bond donors (Lipinski definition) is 0. The SMILES string of the molecule is CCCCCC1=C(CCCCC)c2c(ccc3ccccc23)OC1. The summed E-state index contributed by atoms with van der Waals surface area (Å²) in [6.45, 7) is 5.34. The highest BCUT2D eigenvalue weighted by Gasteiger charge is 2.21. The van der Waals surface area contributed by atoms with Gasteiger partial charge in [-0.15, -0.1) is 0 Å². The number of benzene rings is 2. The van der Waals surface area contributed by atoms with E-state index in [0.29, 0.717) is 0 Å². The first-order valence-corrected chi connectivity index (χ1v) is 9.71. The highest BCUT2D eigenvalue weighted by atomic mass is 16.5. The second-order valence-corrected chi connectivity index (χ2v) is 6.94. The first kappa shape index (κ1) is 17.1. The first-order chi connectivity index (χ1) is 11.8. The molecule has 0 aliphatic carbocycles. The lowest BCUT2D eigenvalue weighted by Gasteiger charge is -2.26. The van der Waals surface area contributed by atoms with Crippen LogP contribution in [-0.2, 0) is 0 Å². The number of hydrogen-bond acceptors (Lipinski definition) is 1. The zero-order chi connectivity index (χ0) is 16.8. The molecule has 3 rings (SSSR count). The average Bonchev–Trinajstić information content (AvgIpc) is 2.63. The predicted octanol–water partition coefficient (Wildman–Crippen LogP) is 7.15. The van der Waals surface area contributed by atoms with E-state index in [9.17, 15) is 0 Å². The molecule has 0 fully saturated rings. The van der Waals surface area contributed by atoms with Crippen LogP contribution in [0.4, 0.5) is 0 Å². The van der Waals surface area contributed by atoms with Crippen molar-refractivity contribution in [2.75, 3.05) is 6.61 Å². The molecule has 128 valence electrons. The summed E-state index contributed by atoms with van der Waals surface area (Å²) >= 11 is 0. The third-order valence-electron chi connectivity index (χ3n) is 5.13. The number of fused-ring (bicyclic) bond motifs is 3. The Kier molecular flexibility index (Phi) is 5.96. The Morgan fingerprint density at radius 1 is 0.833 bits per heavy atom. The van der Waals surface area contributed by atoms with Crippen molar-refractivity contribution in [1.82, 2.24) is 0 Å². The van der Waals surface area contributed by atoms with E-state index >= 15 is 0 Å². The van der Waals surface area contributed by atoms with Crippen LogP contribution in [0.1, 0.15) is 70.8 Å². The highest BCUT2D eigenvalue weighted by Crippen LogP contribution is 2.42. The van der Waals surface area contributed by atoms with Crippen molar-refractivity contribution < 1.29 is 4.74 Å². The second kappa shape index (κ2) is 8.37. The number of rotatable bonds is 8. The van der Waals surface area contributed by atoms with Gasteiger partial charge in [0.05, 0.1) is 0 Å². The standard InChI is InChI=1S/C23H30O/c1-3-5-7-12-19-17-24-22-16-15-18-11-9-10-14-20(18)23(22)21(19)13-8-6-4-2/h9-11,14-16H,3-8,12-13,17H2,1-2H3. The molecular formula is C23H30O. The Balaban J connectivity index is 2.02. The molecule has 0 unspecified atom stereocenters. The molecule has 1 aliphatic rings. The van der Waals surface area contributed by atoms with Crippen molar-refractivity contribution in [2.24, 2.45) is 0 Å². The lowest BCUT2D eigenvalue weighted by molar-refractivity contribution is 0.339. The summed E-state index contributed by atoms with van der Waals surface area (Å²) in [5, 5.41) is 2.68. The van der Waals surface area contributed by atoms with Crippen molar-refractivity contribution in [3.63, 3.8) is 0 Å². The molecule has 0 saturated heterocycles. The Morgan fingerprint density at radius 3 is 2.38 bits per heavy atom. The van der Waals surface area contributed by atoms with Crippen LogP contribution in [0, 0.1) is 0 Å². The topological polar surface area (TPSA) is 9.23 Å². The molecule has 0 bridgehead atoms. The summed E-state index contributed by atoms with van der Waals surface area (Å²) < 4.78 is 6.15. The van der Waals surface area contributed by atoms with Gasteiger partial charge >= 0.3 is 0 Å². The van der Waals surface area contributed by atoms with Crippen LogP contribution in [0.2, 0.25) is 0 Å². The molecular weight excluding hydrogens is 292 g/mol. The van der Waals surface area contributed by atoms with Crippen LogP contribution in [0.5, 0.6) is 5.75 Å². The summed E-state index contributed by atoms with van der Waals surface area (Å²) in [5.74, 6) is 1.08. The summed E-state index contributed by atoms with van der Waals surface area (Å²) in [4.78, 5) is 0. The van der Waals surface area contributed by atoms with E-state index in [1.54, 1.807) is 11.1 Å². The zero-order valence-electron chi connectivity index (χ0n) is 15.2. The minimum absolute atomic E-state index is 0.788. The molecule has 0 N–H and O–H groups in total. The summed E-state index contributed by atoms with van der Waals surface area (Å²) in [7, 11) is 0. The van der Waals surface area contributed by atoms with Gasteiger partial charge in [-0.05, 0) is 53.7 Å². The Bertz CT molecular complexity index is 711. The van der Waals surface area contributed by atoms with Crippen molar-refractivity contribution >= 4 is 16.3 Å². The predicted molar refractivity (Wildman–Crippen MR) is 105 cm³/mol. The molecule has 1 nitrogen and oxygen atoms in total. The summed E-state index contributed by atoms with van der Waals surface area (Å²) in [5.41, 5.74) is 4.50. The fraction of sp³-hybridized carbons (Fsp3) is 0.478. The van der Waals surface area contributed by atoms with E-state index in [4.69, 9.17) is 4.74 Å². The van der Waals surface area contributed by atoms with Crippen molar-refractivity contribution in [3.05, 3.63) is 47.5 Å². The summed E-state index contributed by atoms with van der Waals surface area (Å²) in [6.07, 6.45) is 10.1. The molecule has 0 saturated carbocycles. The number of ether oxygens (including phenoxy) is 1. The fourth-order valence-corrected chi connectivity index (χ4v) is 3.78. The van der Waals surface area contributed by atoms with Crippen molar-refractivity contribution in [1.29, 1.82) is 0 Å². The highest BCUT2D eigenvalue weighted by molar-refractivity contribution is 5.97. The Morgan fingerprint density at radius 2 is 1.58 bits per heavy atom. The van der Waals surface area contributed by atoms with E-state index in [-0.39, 0.29) is 0 Å². The molecule has 0 spiro atoms. The second-order valence-electron chi connectivity index (χ2n) is 6.94. The van der Waals surface area contributed by atoms with Crippen LogP contribution >= 0.6 is 0 Å². The van der Waals surface area contributed by atoms with Gasteiger partial charge in [-0.1, -0.05) is 69.9 Å². The maximum atomic E-state index is 6.15. The van der Waals surface area contributed by atoms with Gasteiger partial charge in [-0.2, -0.15) is 0 Å². The molecule has 1 aliphatic heterocycles. The minimum Gasteiger partial charge on any atom is -0.489 e. The molecule has 1 heteroatoms. The lowest BCUT2D eigenvalue weighted by atomic mass is 9.87. The molecule has 0 atom stereocenters. The smallest absolute Gasteiger partial charge is 0.127 e. The third kappa shape index (κ3) is 3.66. The lowest BCUT2D eigenvalue weighted by Crippen LogP contribution is -2.12. The number of unbranched alkanes of at least 4 members (excludes halogenated alkanes) is 4. The van der Waals surface area contributed by atoms with Gasteiger partial charge in [0.15, 0.2) is 0 Å². The van der Waals surface area contributed by atoms with Crippen molar-refractivity contribution in [2.45, 2.75) is 65.2 Å².